The van der Waals surface area contributed by atoms with Crippen LogP contribution >= 0.6 is 0 Å². The highest BCUT2D eigenvalue weighted by atomic mass is 32.2. The molecule has 2 aliphatic heterocycles. The van der Waals surface area contributed by atoms with Gasteiger partial charge in [0.2, 0.25) is 11.8 Å². The van der Waals surface area contributed by atoms with Gasteiger partial charge in [0.15, 0.2) is 9.84 Å². The zero-order chi connectivity index (χ0) is 17.5. The second-order valence-corrected chi connectivity index (χ2v) is 9.46. The number of hydrogen-bond donors (Lipinski definition) is 1. The van der Waals surface area contributed by atoms with Gasteiger partial charge in [-0.1, -0.05) is 0 Å². The van der Waals surface area contributed by atoms with Crippen molar-refractivity contribution >= 4 is 21.7 Å². The smallest absolute Gasteiger partial charge is 0.239 e. The molecular formula is C15H25N3O5S. The Kier molecular flexibility index (Phi) is 4.61. The van der Waals surface area contributed by atoms with Gasteiger partial charge in [0.1, 0.15) is 17.4 Å². The number of nitrogens with zero attached hydrogens (tertiary/aromatic N) is 2. The molecule has 24 heavy (non-hydrogen) atoms. The summed E-state index contributed by atoms with van der Waals surface area (Å²) < 4.78 is 28.4. The lowest BCUT2D eigenvalue weighted by atomic mass is 9.90. The van der Waals surface area contributed by atoms with Crippen LogP contribution in [0.2, 0.25) is 0 Å². The monoisotopic (exact) mass is 359 g/mol. The Balaban J connectivity index is 1.60. The summed E-state index contributed by atoms with van der Waals surface area (Å²) in [5, 5.41) is 2.68. The fourth-order valence-electron chi connectivity index (χ4n) is 3.45. The Morgan fingerprint density at radius 2 is 1.92 bits per heavy atom. The van der Waals surface area contributed by atoms with Crippen LogP contribution in [-0.2, 0) is 24.2 Å². The highest BCUT2D eigenvalue weighted by Crippen LogP contribution is 2.35. The highest BCUT2D eigenvalue weighted by Gasteiger charge is 2.52. The van der Waals surface area contributed by atoms with E-state index in [0.29, 0.717) is 32.2 Å². The van der Waals surface area contributed by atoms with E-state index in [4.69, 9.17) is 4.74 Å². The van der Waals surface area contributed by atoms with Gasteiger partial charge in [-0.05, 0) is 18.8 Å². The number of amides is 2. The summed E-state index contributed by atoms with van der Waals surface area (Å²) in [6.45, 7) is 2.57. The van der Waals surface area contributed by atoms with Crippen molar-refractivity contribution in [1.29, 1.82) is 0 Å². The molecule has 3 fully saturated rings. The first-order chi connectivity index (χ1) is 11.2. The minimum absolute atomic E-state index is 0.0465. The lowest BCUT2D eigenvalue weighted by Gasteiger charge is -2.55. The molecule has 3 aliphatic rings. The van der Waals surface area contributed by atoms with Crippen LogP contribution in [0.25, 0.3) is 0 Å². The molecule has 0 unspecified atom stereocenters. The Morgan fingerprint density at radius 3 is 2.46 bits per heavy atom. The third-order valence-electron chi connectivity index (χ3n) is 4.91. The van der Waals surface area contributed by atoms with Gasteiger partial charge >= 0.3 is 0 Å². The van der Waals surface area contributed by atoms with Crippen molar-refractivity contribution in [2.75, 3.05) is 51.8 Å². The molecule has 0 radical (unpaired) electrons. The normalized spacial score (nSPS) is 26.9. The molecule has 9 heteroatoms. The summed E-state index contributed by atoms with van der Waals surface area (Å²) in [4.78, 5) is 27.7. The van der Waals surface area contributed by atoms with Crippen molar-refractivity contribution in [2.45, 2.75) is 24.5 Å². The minimum Gasteiger partial charge on any atom is -0.368 e. The SMILES string of the molecule is CNC(=O)[C@H]1COC2(CN(C(=O)CS(C)(=O)=O)C2)CN1CC1CC1. The molecule has 2 heterocycles. The molecule has 1 aliphatic carbocycles. The van der Waals surface area contributed by atoms with Crippen LogP contribution in [0, 0.1) is 5.92 Å². The van der Waals surface area contributed by atoms with Crippen molar-refractivity contribution in [1.82, 2.24) is 15.1 Å². The Hall–Kier alpha value is -1.19. The van der Waals surface area contributed by atoms with Gasteiger partial charge in [-0.15, -0.1) is 0 Å². The van der Waals surface area contributed by atoms with Crippen LogP contribution in [0.3, 0.4) is 0 Å². The topological polar surface area (TPSA) is 96.0 Å². The molecule has 0 aromatic carbocycles. The predicted molar refractivity (Wildman–Crippen MR) is 87.1 cm³/mol. The number of carbonyl (C=O) groups excluding carboxylic acids is 2. The summed E-state index contributed by atoms with van der Waals surface area (Å²) in [5.74, 6) is -0.241. The number of likely N-dealkylation sites (N-methyl/N-ethyl adjacent to an activating group) is 1. The standard InChI is InChI=1S/C15H25N3O5S/c1-16-14(20)12-6-23-15(8-17(12)5-11-3-4-11)9-18(10-15)13(19)7-24(2,21)22/h11-12H,3-10H2,1-2H3,(H,16,20)/t12-/m1/s1. The summed E-state index contributed by atoms with van der Waals surface area (Å²) in [6, 6.07) is -0.290. The minimum atomic E-state index is -3.32. The second-order valence-electron chi connectivity index (χ2n) is 7.32. The Morgan fingerprint density at radius 1 is 1.25 bits per heavy atom. The summed E-state index contributed by atoms with van der Waals surface area (Å²) in [6.07, 6.45) is 3.45. The second kappa shape index (κ2) is 6.27. The van der Waals surface area contributed by atoms with Crippen LogP contribution in [0.1, 0.15) is 12.8 Å². The number of morpholine rings is 1. The zero-order valence-corrected chi connectivity index (χ0v) is 15.0. The number of ether oxygens (including phenoxy) is 1. The van der Waals surface area contributed by atoms with Gasteiger partial charge in [-0.3, -0.25) is 14.5 Å². The molecule has 1 N–H and O–H groups in total. The van der Waals surface area contributed by atoms with Crippen LogP contribution in [0.4, 0.5) is 0 Å². The molecule has 3 rings (SSSR count). The van der Waals surface area contributed by atoms with Gasteiger partial charge < -0.3 is 15.0 Å². The van der Waals surface area contributed by atoms with Crippen molar-refractivity contribution in [3.8, 4) is 0 Å². The van der Waals surface area contributed by atoms with E-state index < -0.39 is 21.2 Å². The molecule has 0 bridgehead atoms. The van der Waals surface area contributed by atoms with Crippen molar-refractivity contribution in [3.05, 3.63) is 0 Å². The molecule has 1 atom stereocenters. The van der Waals surface area contributed by atoms with Crippen LogP contribution in [0.15, 0.2) is 0 Å². The fourth-order valence-corrected chi connectivity index (χ4v) is 4.08. The highest BCUT2D eigenvalue weighted by molar-refractivity contribution is 7.91. The molecule has 1 saturated carbocycles. The van der Waals surface area contributed by atoms with Crippen molar-refractivity contribution in [2.24, 2.45) is 5.92 Å². The molecular weight excluding hydrogens is 334 g/mol. The van der Waals surface area contributed by atoms with Crippen LogP contribution in [-0.4, -0.2) is 93.5 Å². The maximum Gasteiger partial charge on any atom is 0.239 e. The molecule has 8 nitrogen and oxygen atoms in total. The summed E-state index contributed by atoms with van der Waals surface area (Å²) in [7, 11) is -1.70. The molecule has 1 spiro atoms. The molecule has 2 amide bonds. The number of likely N-dealkylation sites (tertiary alicyclic amines) is 1. The van der Waals surface area contributed by atoms with Crippen molar-refractivity contribution < 1.29 is 22.7 Å². The largest absolute Gasteiger partial charge is 0.368 e. The first-order valence-electron chi connectivity index (χ1n) is 8.26. The summed E-state index contributed by atoms with van der Waals surface area (Å²) in [5.41, 5.74) is -0.466. The number of rotatable bonds is 5. The Labute approximate surface area is 142 Å². The lowest BCUT2D eigenvalue weighted by Crippen LogP contribution is -2.74. The summed E-state index contributed by atoms with van der Waals surface area (Å²) >= 11 is 0. The fraction of sp³-hybridized carbons (Fsp3) is 0.867. The van der Waals surface area contributed by atoms with E-state index in [1.807, 2.05) is 0 Å². The van der Waals surface area contributed by atoms with E-state index in [-0.39, 0.29) is 17.9 Å². The van der Waals surface area contributed by atoms with Gasteiger partial charge in [0.25, 0.3) is 0 Å². The predicted octanol–water partition coefficient (Wildman–Crippen LogP) is -1.53. The van der Waals surface area contributed by atoms with E-state index in [9.17, 15) is 18.0 Å². The molecule has 0 aromatic rings. The Bertz CT molecular complexity index is 625. The van der Waals surface area contributed by atoms with Gasteiger partial charge in [0, 0.05) is 26.4 Å². The van der Waals surface area contributed by atoms with E-state index in [1.165, 1.54) is 17.7 Å². The number of hydrogen-bond acceptors (Lipinski definition) is 6. The van der Waals surface area contributed by atoms with E-state index in [2.05, 4.69) is 10.2 Å². The first kappa shape index (κ1) is 17.6. The number of nitrogens with one attached hydrogen (secondary N) is 1. The first-order valence-corrected chi connectivity index (χ1v) is 10.3. The maximum atomic E-state index is 12.1. The van der Waals surface area contributed by atoms with Crippen LogP contribution in [0.5, 0.6) is 0 Å². The number of carbonyl (C=O) groups is 2. The molecule has 2 saturated heterocycles. The third-order valence-corrected chi connectivity index (χ3v) is 5.69. The average molecular weight is 359 g/mol. The quantitative estimate of drug-likeness (QED) is 0.640. The third kappa shape index (κ3) is 3.89. The van der Waals surface area contributed by atoms with E-state index in [1.54, 1.807) is 7.05 Å². The van der Waals surface area contributed by atoms with Gasteiger partial charge in [-0.2, -0.15) is 0 Å². The van der Waals surface area contributed by atoms with E-state index >= 15 is 0 Å². The zero-order valence-electron chi connectivity index (χ0n) is 14.2. The van der Waals surface area contributed by atoms with Crippen molar-refractivity contribution in [3.63, 3.8) is 0 Å². The van der Waals surface area contributed by atoms with Gasteiger partial charge in [-0.25, -0.2) is 8.42 Å². The van der Waals surface area contributed by atoms with Crippen LogP contribution < -0.4 is 5.32 Å². The molecule has 136 valence electrons. The molecule has 0 aromatic heterocycles. The lowest BCUT2D eigenvalue weighted by molar-refractivity contribution is -0.203. The average Bonchev–Trinajstić information content (AvgIpc) is 3.26. The van der Waals surface area contributed by atoms with E-state index in [0.717, 1.165) is 12.8 Å². The number of sulfone groups is 1. The maximum absolute atomic E-state index is 12.1. The van der Waals surface area contributed by atoms with Gasteiger partial charge in [0.05, 0.1) is 19.7 Å².